The lowest BCUT2D eigenvalue weighted by atomic mass is 9.81. The third kappa shape index (κ3) is 9.53. The van der Waals surface area contributed by atoms with E-state index in [1.165, 1.54) is 0 Å². The van der Waals surface area contributed by atoms with Gasteiger partial charge in [0.25, 0.3) is 0 Å². The molecule has 188 valence electrons. The molecule has 0 unspecified atom stereocenters. The van der Waals surface area contributed by atoms with Gasteiger partial charge in [0.2, 0.25) is 5.91 Å². The molecule has 2 aliphatic carbocycles. The summed E-state index contributed by atoms with van der Waals surface area (Å²) in [6.07, 6.45) is 11.2. The molecule has 3 rings (SSSR count). The molecular formula is C22H30N2O10. The van der Waals surface area contributed by atoms with Crippen LogP contribution in [0.2, 0.25) is 0 Å². The number of amides is 1. The van der Waals surface area contributed by atoms with Crippen molar-refractivity contribution in [3.63, 3.8) is 0 Å². The number of carboxylic acids is 3. The molecule has 0 aromatic carbocycles. The van der Waals surface area contributed by atoms with Gasteiger partial charge >= 0.3 is 29.8 Å². The van der Waals surface area contributed by atoms with Gasteiger partial charge in [0.05, 0.1) is 0 Å². The van der Waals surface area contributed by atoms with Crippen molar-refractivity contribution in [2.24, 2.45) is 5.73 Å². The number of carboxylic acid groups (broad SMARTS) is 3. The Morgan fingerprint density at radius 3 is 1.59 bits per heavy atom. The third-order valence-electron chi connectivity index (χ3n) is 5.58. The molecule has 34 heavy (non-hydrogen) atoms. The van der Waals surface area contributed by atoms with Crippen LogP contribution in [0.3, 0.4) is 0 Å². The van der Waals surface area contributed by atoms with Crippen molar-refractivity contribution in [3.8, 4) is 0 Å². The van der Waals surface area contributed by atoms with E-state index >= 15 is 0 Å². The zero-order valence-electron chi connectivity index (χ0n) is 18.7. The molecule has 1 amide bonds. The smallest absolute Gasteiger partial charge is 0.338 e. The van der Waals surface area contributed by atoms with Gasteiger partial charge in [-0.2, -0.15) is 0 Å². The average molecular weight is 482 g/mol. The topological polar surface area (TPSA) is 210 Å². The normalized spacial score (nSPS) is 20.1. The van der Waals surface area contributed by atoms with E-state index in [0.29, 0.717) is 31.8 Å². The predicted octanol–water partition coefficient (Wildman–Crippen LogP) is 0.890. The molecule has 0 aromatic rings. The van der Waals surface area contributed by atoms with E-state index in [1.807, 2.05) is 0 Å². The molecule has 1 aliphatic heterocycles. The highest BCUT2D eigenvalue weighted by Crippen LogP contribution is 2.28. The van der Waals surface area contributed by atoms with E-state index in [1.54, 1.807) is 0 Å². The number of hydrogen-bond acceptors (Lipinski definition) is 8. The minimum Gasteiger partial charge on any atom is -0.480 e. The van der Waals surface area contributed by atoms with Crippen LogP contribution in [0, 0.1) is 0 Å². The number of cyclic esters (lactones) is 2. The number of carbonyl (C=O) groups excluding carboxylic acids is 3. The molecule has 6 N–H and O–H groups in total. The van der Waals surface area contributed by atoms with Gasteiger partial charge in [0.1, 0.15) is 11.1 Å². The van der Waals surface area contributed by atoms with E-state index in [2.05, 4.69) is 10.1 Å². The van der Waals surface area contributed by atoms with E-state index in [0.717, 1.165) is 56.8 Å². The second-order valence-electron chi connectivity index (χ2n) is 8.20. The summed E-state index contributed by atoms with van der Waals surface area (Å²) in [6.45, 7) is 0. The van der Waals surface area contributed by atoms with Crippen molar-refractivity contribution in [3.05, 3.63) is 24.3 Å². The fourth-order valence-corrected chi connectivity index (χ4v) is 3.67. The van der Waals surface area contributed by atoms with Crippen molar-refractivity contribution in [1.82, 2.24) is 5.32 Å². The standard InChI is InChI=1S/C11H15NO5.C7H13NO2.C4H2O3/c13-8(4-5-9(14)15)12-11(10(16)17)6-2-1-3-7-11;8-7(6(9)10)4-2-1-3-5-7;5-3-1-2-4(6)7-3/h4-5H,1-3,6-7H2,(H,12,13)(H,14,15)(H,16,17);1-5,8H2,(H,9,10);1-2H/b5-4-;;. The average Bonchev–Trinajstić information content (AvgIpc) is 3.16. The van der Waals surface area contributed by atoms with Gasteiger partial charge in [-0.25, -0.2) is 19.2 Å². The van der Waals surface area contributed by atoms with Crippen molar-refractivity contribution < 1.29 is 48.8 Å². The Kier molecular flexibility index (Phi) is 11.1. The van der Waals surface area contributed by atoms with Gasteiger partial charge in [0.15, 0.2) is 0 Å². The lowest BCUT2D eigenvalue weighted by Crippen LogP contribution is -2.55. The first-order valence-corrected chi connectivity index (χ1v) is 10.8. The number of ether oxygens (including phenoxy) is 1. The fourth-order valence-electron chi connectivity index (χ4n) is 3.67. The predicted molar refractivity (Wildman–Crippen MR) is 116 cm³/mol. The van der Waals surface area contributed by atoms with Crippen LogP contribution in [0.1, 0.15) is 64.2 Å². The van der Waals surface area contributed by atoms with Crippen LogP contribution in [-0.2, 0) is 33.5 Å². The molecule has 0 spiro atoms. The number of aliphatic carboxylic acids is 3. The van der Waals surface area contributed by atoms with Crippen molar-refractivity contribution >= 4 is 35.8 Å². The first-order chi connectivity index (χ1) is 15.9. The number of rotatable bonds is 5. The zero-order valence-corrected chi connectivity index (χ0v) is 18.7. The molecule has 0 radical (unpaired) electrons. The van der Waals surface area contributed by atoms with Gasteiger partial charge in [-0.3, -0.25) is 9.59 Å². The number of hydrogen-bond donors (Lipinski definition) is 5. The van der Waals surface area contributed by atoms with E-state index in [9.17, 15) is 28.8 Å². The second-order valence-corrected chi connectivity index (χ2v) is 8.20. The first kappa shape index (κ1) is 28.5. The van der Waals surface area contributed by atoms with E-state index in [-0.39, 0.29) is 0 Å². The maximum absolute atomic E-state index is 11.4. The third-order valence-corrected chi connectivity index (χ3v) is 5.58. The van der Waals surface area contributed by atoms with Gasteiger partial charge in [-0.1, -0.05) is 38.5 Å². The van der Waals surface area contributed by atoms with Crippen LogP contribution in [-0.4, -0.2) is 62.2 Å². The number of nitrogens with one attached hydrogen (secondary N) is 1. The maximum atomic E-state index is 11.4. The Labute approximate surface area is 195 Å². The summed E-state index contributed by atoms with van der Waals surface area (Å²) in [4.78, 5) is 63.2. The number of esters is 2. The lowest BCUT2D eigenvalue weighted by molar-refractivity contribution is -0.150. The van der Waals surface area contributed by atoms with Crippen LogP contribution in [0.4, 0.5) is 0 Å². The number of nitrogens with two attached hydrogens (primary N) is 1. The first-order valence-electron chi connectivity index (χ1n) is 10.8. The zero-order chi connectivity index (χ0) is 25.8. The molecule has 0 bridgehead atoms. The summed E-state index contributed by atoms with van der Waals surface area (Å²) in [6, 6.07) is 0. The Morgan fingerprint density at radius 2 is 1.26 bits per heavy atom. The molecule has 12 nitrogen and oxygen atoms in total. The van der Waals surface area contributed by atoms with Crippen LogP contribution < -0.4 is 11.1 Å². The summed E-state index contributed by atoms with van der Waals surface area (Å²) in [5.41, 5.74) is 3.46. The van der Waals surface area contributed by atoms with Crippen molar-refractivity contribution in [2.45, 2.75) is 75.3 Å². The Hall–Kier alpha value is -3.54. The fraction of sp³-hybridized carbons (Fsp3) is 0.545. The van der Waals surface area contributed by atoms with Crippen molar-refractivity contribution in [2.75, 3.05) is 0 Å². The van der Waals surface area contributed by atoms with Gasteiger partial charge in [0, 0.05) is 24.3 Å². The molecule has 0 saturated heterocycles. The second kappa shape index (κ2) is 13.2. The van der Waals surface area contributed by atoms with Crippen LogP contribution in [0.5, 0.6) is 0 Å². The maximum Gasteiger partial charge on any atom is 0.338 e. The van der Waals surface area contributed by atoms with E-state index in [4.69, 9.17) is 21.1 Å². The van der Waals surface area contributed by atoms with Crippen molar-refractivity contribution in [1.29, 1.82) is 0 Å². The molecule has 0 aromatic heterocycles. The number of carbonyl (C=O) groups is 6. The quantitative estimate of drug-likeness (QED) is 0.211. The molecule has 1 heterocycles. The summed E-state index contributed by atoms with van der Waals surface area (Å²) in [5.74, 6) is -4.98. The molecule has 2 fully saturated rings. The molecule has 0 atom stereocenters. The summed E-state index contributed by atoms with van der Waals surface area (Å²) in [7, 11) is 0. The SMILES string of the molecule is NC1(C(=O)O)CCCCC1.O=C(O)/C=C\C(=O)NC1(C(=O)O)CCCCC1.O=C1C=CC(=O)O1. The summed E-state index contributed by atoms with van der Waals surface area (Å²) >= 11 is 0. The Balaban J connectivity index is 0.000000285. The molecule has 12 heteroatoms. The van der Waals surface area contributed by atoms with E-state index < -0.39 is 46.8 Å². The van der Waals surface area contributed by atoms with Crippen LogP contribution in [0.15, 0.2) is 24.3 Å². The highest BCUT2D eigenvalue weighted by atomic mass is 16.6. The van der Waals surface area contributed by atoms with Crippen LogP contribution >= 0.6 is 0 Å². The lowest BCUT2D eigenvalue weighted by Gasteiger charge is -2.33. The van der Waals surface area contributed by atoms with Crippen LogP contribution in [0.25, 0.3) is 0 Å². The minimum absolute atomic E-state index is 0.384. The van der Waals surface area contributed by atoms with Gasteiger partial charge in [-0.15, -0.1) is 0 Å². The summed E-state index contributed by atoms with van der Waals surface area (Å²) in [5, 5.41) is 28.6. The molecule has 2 saturated carbocycles. The monoisotopic (exact) mass is 482 g/mol. The molecule has 3 aliphatic rings. The Bertz CT molecular complexity index is 834. The van der Waals surface area contributed by atoms with Gasteiger partial charge in [-0.05, 0) is 25.7 Å². The largest absolute Gasteiger partial charge is 0.480 e. The summed E-state index contributed by atoms with van der Waals surface area (Å²) < 4.78 is 3.97. The molecular weight excluding hydrogens is 452 g/mol. The van der Waals surface area contributed by atoms with Gasteiger partial charge < -0.3 is 31.1 Å². The minimum atomic E-state index is -1.24. The highest BCUT2D eigenvalue weighted by Gasteiger charge is 2.40. The Morgan fingerprint density at radius 1 is 0.794 bits per heavy atom. The highest BCUT2D eigenvalue weighted by molar-refractivity contribution is 6.04.